The number of ether oxygens (including phenoxy) is 2. The highest BCUT2D eigenvalue weighted by Crippen LogP contribution is 2.20. The van der Waals surface area contributed by atoms with E-state index in [4.69, 9.17) is 4.74 Å². The molecule has 1 aliphatic rings. The van der Waals surface area contributed by atoms with Crippen molar-refractivity contribution in [1.82, 2.24) is 0 Å². The van der Waals surface area contributed by atoms with E-state index in [1.807, 2.05) is 0 Å². The predicted octanol–water partition coefficient (Wildman–Crippen LogP) is 0.918. The molecule has 0 amide bonds. The van der Waals surface area contributed by atoms with Gasteiger partial charge in [-0.2, -0.15) is 0 Å². The van der Waals surface area contributed by atoms with Crippen LogP contribution in [0.3, 0.4) is 0 Å². The molecule has 1 saturated heterocycles. The largest absolute Gasteiger partial charge is 0.466 e. The molecule has 0 bridgehead atoms. The molecular weight excluding hydrogens is 156 g/mol. The Morgan fingerprint density at radius 3 is 3.17 bits per heavy atom. The van der Waals surface area contributed by atoms with Crippen molar-refractivity contribution in [3.05, 3.63) is 24.3 Å². The lowest BCUT2D eigenvalue weighted by molar-refractivity contribution is -0.134. The average Bonchev–Trinajstić information content (AvgIpc) is 2.51. The van der Waals surface area contributed by atoms with Gasteiger partial charge in [0.2, 0.25) is 0 Å². The SMILES string of the molecule is C=CC1COC/C1=C\C(=O)OC. The molecule has 1 unspecified atom stereocenters. The Bertz CT molecular complexity index is 218. The molecule has 0 saturated carbocycles. The van der Waals surface area contributed by atoms with Crippen LogP contribution < -0.4 is 0 Å². The van der Waals surface area contributed by atoms with Crippen molar-refractivity contribution in [2.24, 2.45) is 5.92 Å². The summed E-state index contributed by atoms with van der Waals surface area (Å²) in [4.78, 5) is 10.8. The minimum absolute atomic E-state index is 0.170. The molecule has 1 heterocycles. The number of hydrogen-bond donors (Lipinski definition) is 0. The summed E-state index contributed by atoms with van der Waals surface area (Å²) >= 11 is 0. The first-order chi connectivity index (χ1) is 5.77. The first-order valence-corrected chi connectivity index (χ1v) is 3.76. The van der Waals surface area contributed by atoms with Crippen molar-refractivity contribution in [2.45, 2.75) is 0 Å². The van der Waals surface area contributed by atoms with Crippen molar-refractivity contribution in [3.63, 3.8) is 0 Å². The third-order valence-corrected chi connectivity index (χ3v) is 1.83. The number of methoxy groups -OCH3 is 1. The van der Waals surface area contributed by atoms with Crippen LogP contribution in [0.2, 0.25) is 0 Å². The zero-order valence-electron chi connectivity index (χ0n) is 7.08. The van der Waals surface area contributed by atoms with Gasteiger partial charge in [-0.25, -0.2) is 4.79 Å². The summed E-state index contributed by atoms with van der Waals surface area (Å²) in [7, 11) is 1.36. The van der Waals surface area contributed by atoms with Crippen LogP contribution in [0.25, 0.3) is 0 Å². The van der Waals surface area contributed by atoms with Crippen LogP contribution in [0, 0.1) is 5.92 Å². The molecule has 12 heavy (non-hydrogen) atoms. The van der Waals surface area contributed by atoms with Gasteiger partial charge in [0.05, 0.1) is 20.3 Å². The molecule has 1 fully saturated rings. The fraction of sp³-hybridized carbons (Fsp3) is 0.444. The van der Waals surface area contributed by atoms with E-state index in [0.717, 1.165) is 5.57 Å². The van der Waals surface area contributed by atoms with E-state index in [1.165, 1.54) is 13.2 Å². The Hall–Kier alpha value is -1.09. The molecule has 1 aliphatic heterocycles. The fourth-order valence-electron chi connectivity index (χ4n) is 1.10. The summed E-state index contributed by atoms with van der Waals surface area (Å²) in [6, 6.07) is 0. The summed E-state index contributed by atoms with van der Waals surface area (Å²) in [6.45, 7) is 4.78. The van der Waals surface area contributed by atoms with Gasteiger partial charge in [-0.1, -0.05) is 6.08 Å². The van der Waals surface area contributed by atoms with Crippen LogP contribution in [0.4, 0.5) is 0 Å². The first kappa shape index (κ1) is 9.00. The van der Waals surface area contributed by atoms with Crippen molar-refractivity contribution >= 4 is 5.97 Å². The number of carbonyl (C=O) groups is 1. The summed E-state index contributed by atoms with van der Waals surface area (Å²) in [6.07, 6.45) is 3.25. The van der Waals surface area contributed by atoms with Gasteiger partial charge in [-0.05, 0) is 5.57 Å². The Kier molecular flexibility index (Phi) is 3.05. The Labute approximate surface area is 71.7 Å². The third kappa shape index (κ3) is 1.95. The lowest BCUT2D eigenvalue weighted by Gasteiger charge is -2.01. The zero-order chi connectivity index (χ0) is 8.97. The highest BCUT2D eigenvalue weighted by atomic mass is 16.5. The third-order valence-electron chi connectivity index (χ3n) is 1.83. The van der Waals surface area contributed by atoms with Crippen molar-refractivity contribution in [2.75, 3.05) is 20.3 Å². The topological polar surface area (TPSA) is 35.5 Å². The molecule has 1 rings (SSSR count). The Morgan fingerprint density at radius 1 is 1.83 bits per heavy atom. The van der Waals surface area contributed by atoms with E-state index >= 15 is 0 Å². The minimum Gasteiger partial charge on any atom is -0.466 e. The van der Waals surface area contributed by atoms with E-state index in [0.29, 0.717) is 13.2 Å². The second kappa shape index (κ2) is 4.07. The lowest BCUT2D eigenvalue weighted by Crippen LogP contribution is -2.02. The van der Waals surface area contributed by atoms with Gasteiger partial charge in [0.1, 0.15) is 0 Å². The van der Waals surface area contributed by atoms with Gasteiger partial charge in [0.25, 0.3) is 0 Å². The van der Waals surface area contributed by atoms with Crippen molar-refractivity contribution < 1.29 is 14.3 Å². The standard InChI is InChI=1S/C9H12O3/c1-3-7-5-12-6-8(7)4-9(10)11-2/h3-4,7H,1,5-6H2,2H3/b8-4+. The molecular formula is C9H12O3. The summed E-state index contributed by atoms with van der Waals surface area (Å²) in [5, 5.41) is 0. The summed E-state index contributed by atoms with van der Waals surface area (Å²) < 4.78 is 9.66. The minimum atomic E-state index is -0.331. The van der Waals surface area contributed by atoms with Crippen LogP contribution in [-0.2, 0) is 14.3 Å². The van der Waals surface area contributed by atoms with Crippen LogP contribution in [-0.4, -0.2) is 26.3 Å². The molecule has 0 aromatic carbocycles. The van der Waals surface area contributed by atoms with Gasteiger partial charge in [-0.15, -0.1) is 6.58 Å². The molecule has 3 nitrogen and oxygen atoms in total. The van der Waals surface area contributed by atoms with Crippen molar-refractivity contribution in [3.8, 4) is 0 Å². The van der Waals surface area contributed by atoms with Crippen LogP contribution in [0.1, 0.15) is 0 Å². The molecule has 1 atom stereocenters. The number of rotatable bonds is 2. The van der Waals surface area contributed by atoms with E-state index in [2.05, 4.69) is 11.3 Å². The fourth-order valence-corrected chi connectivity index (χ4v) is 1.10. The van der Waals surface area contributed by atoms with Crippen molar-refractivity contribution in [1.29, 1.82) is 0 Å². The highest BCUT2D eigenvalue weighted by Gasteiger charge is 2.19. The zero-order valence-corrected chi connectivity index (χ0v) is 7.08. The smallest absolute Gasteiger partial charge is 0.330 e. The van der Waals surface area contributed by atoms with Gasteiger partial charge in [-0.3, -0.25) is 0 Å². The molecule has 0 aromatic rings. The average molecular weight is 168 g/mol. The van der Waals surface area contributed by atoms with Crippen LogP contribution in [0.5, 0.6) is 0 Å². The monoisotopic (exact) mass is 168 g/mol. The maximum Gasteiger partial charge on any atom is 0.330 e. The molecule has 0 aromatic heterocycles. The predicted molar refractivity (Wildman–Crippen MR) is 44.6 cm³/mol. The second-order valence-corrected chi connectivity index (χ2v) is 2.60. The van der Waals surface area contributed by atoms with E-state index < -0.39 is 0 Å². The lowest BCUT2D eigenvalue weighted by atomic mass is 10.0. The molecule has 66 valence electrons. The molecule has 0 spiro atoms. The van der Waals surface area contributed by atoms with Gasteiger partial charge in [0.15, 0.2) is 0 Å². The Balaban J connectivity index is 2.66. The molecule has 0 N–H and O–H groups in total. The second-order valence-electron chi connectivity index (χ2n) is 2.60. The van der Waals surface area contributed by atoms with E-state index in [1.54, 1.807) is 6.08 Å². The summed E-state index contributed by atoms with van der Waals surface area (Å²) in [5.41, 5.74) is 0.942. The van der Waals surface area contributed by atoms with Crippen LogP contribution >= 0.6 is 0 Å². The number of esters is 1. The molecule has 0 aliphatic carbocycles. The Morgan fingerprint density at radius 2 is 2.58 bits per heavy atom. The summed E-state index contributed by atoms with van der Waals surface area (Å²) in [5.74, 6) is -0.161. The van der Waals surface area contributed by atoms with Gasteiger partial charge in [0, 0.05) is 12.0 Å². The first-order valence-electron chi connectivity index (χ1n) is 3.76. The molecule has 3 heteroatoms. The van der Waals surface area contributed by atoms with Gasteiger partial charge >= 0.3 is 5.97 Å². The highest BCUT2D eigenvalue weighted by molar-refractivity contribution is 5.82. The van der Waals surface area contributed by atoms with E-state index in [-0.39, 0.29) is 11.9 Å². The van der Waals surface area contributed by atoms with Crippen LogP contribution in [0.15, 0.2) is 24.3 Å². The number of carbonyl (C=O) groups excluding carboxylic acids is 1. The normalized spacial score (nSPS) is 25.8. The maximum atomic E-state index is 10.8. The molecule has 0 radical (unpaired) electrons. The van der Waals surface area contributed by atoms with E-state index in [9.17, 15) is 4.79 Å². The quantitative estimate of drug-likeness (QED) is 0.349. The maximum absolute atomic E-state index is 10.8. The van der Waals surface area contributed by atoms with Gasteiger partial charge < -0.3 is 9.47 Å². The number of hydrogen-bond acceptors (Lipinski definition) is 3.